The first-order chi connectivity index (χ1) is 10.7. The second-order valence-corrected chi connectivity index (χ2v) is 6.78. The van der Waals surface area contributed by atoms with Gasteiger partial charge in [-0.1, -0.05) is 23.5 Å². The summed E-state index contributed by atoms with van der Waals surface area (Å²) in [7, 11) is 0. The summed E-state index contributed by atoms with van der Waals surface area (Å²) in [6, 6.07) is 9.39. The normalized spacial score (nSPS) is 10.7. The Morgan fingerprint density at radius 3 is 2.95 bits per heavy atom. The maximum Gasteiger partial charge on any atom is 0.308 e. The van der Waals surface area contributed by atoms with E-state index >= 15 is 0 Å². The molecule has 0 spiro atoms. The number of hydrogen-bond acceptors (Lipinski definition) is 4. The maximum absolute atomic E-state index is 12.0. The van der Waals surface area contributed by atoms with Gasteiger partial charge >= 0.3 is 4.87 Å². The molecule has 4 nitrogen and oxygen atoms in total. The van der Waals surface area contributed by atoms with E-state index in [9.17, 15) is 9.59 Å². The lowest BCUT2D eigenvalue weighted by molar-refractivity contribution is -0.115. The van der Waals surface area contributed by atoms with Crippen LogP contribution in [0, 0.1) is 0 Å². The zero-order valence-corrected chi connectivity index (χ0v) is 13.4. The van der Waals surface area contributed by atoms with E-state index in [-0.39, 0.29) is 10.8 Å². The summed E-state index contributed by atoms with van der Waals surface area (Å²) < 4.78 is 2.53. The molecule has 0 bridgehead atoms. The molecule has 1 N–H and O–H groups in total. The van der Waals surface area contributed by atoms with Gasteiger partial charge in [0.25, 0.3) is 0 Å². The fourth-order valence-electron chi connectivity index (χ4n) is 2.22. The number of anilines is 1. The molecule has 0 aliphatic carbocycles. The molecule has 3 rings (SSSR count). The van der Waals surface area contributed by atoms with Crippen molar-refractivity contribution in [3.63, 3.8) is 0 Å². The Kier molecular flexibility index (Phi) is 4.22. The summed E-state index contributed by atoms with van der Waals surface area (Å²) in [5.74, 6) is -0.0559. The van der Waals surface area contributed by atoms with Crippen LogP contribution in [-0.2, 0) is 17.8 Å². The predicted molar refractivity (Wildman–Crippen MR) is 92.9 cm³/mol. The molecular formula is C16H14N2O2S2. The minimum absolute atomic E-state index is 0.0167. The number of benzene rings is 1. The average molecular weight is 330 g/mol. The lowest BCUT2D eigenvalue weighted by Gasteiger charge is -2.05. The molecule has 1 aromatic carbocycles. The quantitative estimate of drug-likeness (QED) is 0.728. The molecule has 2 aromatic heterocycles. The number of thiophene rings is 1. The van der Waals surface area contributed by atoms with Crippen LogP contribution in [0.15, 0.2) is 53.2 Å². The SMILES string of the molecule is C=CCn1c(=O)sc2cc(NC(=O)Cc3cccs3)ccc21. The Morgan fingerprint density at radius 1 is 1.36 bits per heavy atom. The highest BCUT2D eigenvalue weighted by molar-refractivity contribution is 7.16. The standard InChI is InChI=1S/C16H14N2O2S2/c1-2-7-18-13-6-5-11(9-14(13)22-16(18)20)17-15(19)10-12-4-3-8-21-12/h2-6,8-9H,1,7,10H2,(H,17,19). The lowest BCUT2D eigenvalue weighted by Crippen LogP contribution is -2.13. The number of aromatic nitrogens is 1. The van der Waals surface area contributed by atoms with Crippen LogP contribution in [-0.4, -0.2) is 10.5 Å². The molecule has 0 saturated heterocycles. The maximum atomic E-state index is 12.0. The average Bonchev–Trinajstić information content (AvgIpc) is 3.08. The first kappa shape index (κ1) is 14.7. The minimum atomic E-state index is -0.0559. The van der Waals surface area contributed by atoms with Gasteiger partial charge in [0.1, 0.15) is 0 Å². The smallest absolute Gasteiger partial charge is 0.308 e. The van der Waals surface area contributed by atoms with Gasteiger partial charge in [0.15, 0.2) is 0 Å². The Hall–Kier alpha value is -2.18. The third-order valence-corrected chi connectivity index (χ3v) is 5.00. The molecule has 112 valence electrons. The molecule has 1 amide bonds. The Labute approximate surface area is 135 Å². The summed E-state index contributed by atoms with van der Waals surface area (Å²) in [6.07, 6.45) is 2.06. The van der Waals surface area contributed by atoms with Crippen LogP contribution >= 0.6 is 22.7 Å². The van der Waals surface area contributed by atoms with Gasteiger partial charge in [-0.05, 0) is 29.6 Å². The summed E-state index contributed by atoms with van der Waals surface area (Å²) in [5.41, 5.74) is 1.58. The number of hydrogen-bond donors (Lipinski definition) is 1. The van der Waals surface area contributed by atoms with Gasteiger partial charge in [0.05, 0.1) is 16.6 Å². The van der Waals surface area contributed by atoms with Gasteiger partial charge < -0.3 is 5.32 Å². The van der Waals surface area contributed by atoms with Crippen molar-refractivity contribution in [2.45, 2.75) is 13.0 Å². The van der Waals surface area contributed by atoms with Crippen molar-refractivity contribution < 1.29 is 4.79 Å². The summed E-state index contributed by atoms with van der Waals surface area (Å²) in [4.78, 5) is 24.9. The van der Waals surface area contributed by atoms with Gasteiger partial charge in [0.2, 0.25) is 5.91 Å². The molecule has 22 heavy (non-hydrogen) atoms. The van der Waals surface area contributed by atoms with Crippen LogP contribution in [0.1, 0.15) is 4.88 Å². The second-order valence-electron chi connectivity index (χ2n) is 4.75. The zero-order valence-electron chi connectivity index (χ0n) is 11.7. The van der Waals surface area contributed by atoms with Crippen LogP contribution in [0.2, 0.25) is 0 Å². The topological polar surface area (TPSA) is 51.1 Å². The van der Waals surface area contributed by atoms with Crippen LogP contribution in [0.3, 0.4) is 0 Å². The van der Waals surface area contributed by atoms with Gasteiger partial charge in [-0.2, -0.15) is 0 Å². The summed E-state index contributed by atoms with van der Waals surface area (Å²) in [5, 5.41) is 4.83. The fourth-order valence-corrected chi connectivity index (χ4v) is 3.87. The van der Waals surface area contributed by atoms with Gasteiger partial charge in [0, 0.05) is 17.1 Å². The van der Waals surface area contributed by atoms with E-state index in [0.717, 1.165) is 15.1 Å². The van der Waals surface area contributed by atoms with Crippen molar-refractivity contribution in [2.75, 3.05) is 5.32 Å². The first-order valence-corrected chi connectivity index (χ1v) is 8.43. The molecule has 0 aliphatic heterocycles. The highest BCUT2D eigenvalue weighted by Gasteiger charge is 2.09. The Bertz CT molecular complexity index is 875. The minimum Gasteiger partial charge on any atom is -0.326 e. The van der Waals surface area contributed by atoms with Crippen molar-refractivity contribution in [2.24, 2.45) is 0 Å². The lowest BCUT2D eigenvalue weighted by atomic mass is 10.2. The van der Waals surface area contributed by atoms with E-state index < -0.39 is 0 Å². The van der Waals surface area contributed by atoms with Gasteiger partial charge in [-0.15, -0.1) is 17.9 Å². The highest BCUT2D eigenvalue weighted by Crippen LogP contribution is 2.22. The Morgan fingerprint density at radius 2 is 2.23 bits per heavy atom. The zero-order chi connectivity index (χ0) is 15.5. The third kappa shape index (κ3) is 3.03. The first-order valence-electron chi connectivity index (χ1n) is 6.74. The van der Waals surface area contributed by atoms with Crippen molar-refractivity contribution in [1.82, 2.24) is 4.57 Å². The molecule has 0 unspecified atom stereocenters. The molecule has 0 aliphatic rings. The molecule has 6 heteroatoms. The highest BCUT2D eigenvalue weighted by atomic mass is 32.1. The van der Waals surface area contributed by atoms with Crippen molar-refractivity contribution in [1.29, 1.82) is 0 Å². The number of amides is 1. The summed E-state index contributed by atoms with van der Waals surface area (Å²) in [6.45, 7) is 4.15. The molecule has 2 heterocycles. The number of carbonyl (C=O) groups excluding carboxylic acids is 1. The van der Waals surface area contributed by atoms with Crippen LogP contribution < -0.4 is 10.2 Å². The van der Waals surface area contributed by atoms with E-state index in [2.05, 4.69) is 11.9 Å². The Balaban J connectivity index is 1.81. The van der Waals surface area contributed by atoms with Crippen LogP contribution in [0.5, 0.6) is 0 Å². The van der Waals surface area contributed by atoms with E-state index in [1.165, 1.54) is 11.3 Å². The molecule has 0 radical (unpaired) electrons. The number of allylic oxidation sites excluding steroid dienone is 1. The fraction of sp³-hybridized carbons (Fsp3) is 0.125. The number of fused-ring (bicyclic) bond motifs is 1. The molecule has 0 saturated carbocycles. The van der Waals surface area contributed by atoms with Gasteiger partial charge in [-0.3, -0.25) is 14.2 Å². The molecule has 0 fully saturated rings. The molecule has 0 atom stereocenters. The van der Waals surface area contributed by atoms with Crippen molar-refractivity contribution >= 4 is 44.5 Å². The number of nitrogens with zero attached hydrogens (tertiary/aromatic N) is 1. The third-order valence-electron chi connectivity index (χ3n) is 3.18. The van der Waals surface area contributed by atoms with Gasteiger partial charge in [-0.25, -0.2) is 0 Å². The molecule has 3 aromatic rings. The number of rotatable bonds is 5. The largest absolute Gasteiger partial charge is 0.326 e. The second kappa shape index (κ2) is 6.29. The van der Waals surface area contributed by atoms with E-state index in [4.69, 9.17) is 0 Å². The monoisotopic (exact) mass is 330 g/mol. The molecular weight excluding hydrogens is 316 g/mol. The van der Waals surface area contributed by atoms with E-state index in [1.807, 2.05) is 35.7 Å². The summed E-state index contributed by atoms with van der Waals surface area (Å²) >= 11 is 2.74. The number of carbonyl (C=O) groups is 1. The van der Waals surface area contributed by atoms with E-state index in [0.29, 0.717) is 18.7 Å². The van der Waals surface area contributed by atoms with Crippen LogP contribution in [0.25, 0.3) is 10.2 Å². The number of thiazole rings is 1. The van der Waals surface area contributed by atoms with Crippen LogP contribution in [0.4, 0.5) is 5.69 Å². The number of nitrogens with one attached hydrogen (secondary N) is 1. The van der Waals surface area contributed by atoms with E-state index in [1.54, 1.807) is 22.0 Å². The predicted octanol–water partition coefficient (Wildman–Crippen LogP) is 3.49. The van der Waals surface area contributed by atoms with Crippen molar-refractivity contribution in [3.05, 3.63) is 62.9 Å². The van der Waals surface area contributed by atoms with Crippen molar-refractivity contribution in [3.8, 4) is 0 Å².